The molecule has 0 unspecified atom stereocenters. The molecule has 1 aromatic carbocycles. The molecule has 3 N–H and O–H groups in total. The van der Waals surface area contributed by atoms with Gasteiger partial charge in [-0.2, -0.15) is 0 Å². The van der Waals surface area contributed by atoms with E-state index in [0.29, 0.717) is 17.8 Å². The molecule has 0 radical (unpaired) electrons. The number of anilines is 1. The molecule has 0 aliphatic heterocycles. The molecule has 5 nitrogen and oxygen atoms in total. The molecule has 1 aliphatic rings. The number of aliphatic carboxylic acids is 1. The van der Waals surface area contributed by atoms with Crippen molar-refractivity contribution in [3.05, 3.63) is 29.8 Å². The van der Waals surface area contributed by atoms with E-state index in [0.717, 1.165) is 12.8 Å². The number of benzene rings is 1. The van der Waals surface area contributed by atoms with Crippen molar-refractivity contribution in [1.29, 1.82) is 0 Å². The van der Waals surface area contributed by atoms with Crippen molar-refractivity contribution < 1.29 is 14.7 Å². The van der Waals surface area contributed by atoms with Crippen LogP contribution in [0.5, 0.6) is 0 Å². The minimum atomic E-state index is -0.943. The number of hydrogen-bond donors (Lipinski definition) is 3. The van der Waals surface area contributed by atoms with Gasteiger partial charge in [0.2, 0.25) is 0 Å². The van der Waals surface area contributed by atoms with Gasteiger partial charge < -0.3 is 15.7 Å². The average Bonchev–Trinajstić information content (AvgIpc) is 3.15. The zero-order valence-electron chi connectivity index (χ0n) is 12.7. The first-order valence-corrected chi connectivity index (χ1v) is 7.12. The summed E-state index contributed by atoms with van der Waals surface area (Å²) in [6.45, 7) is 6.14. The van der Waals surface area contributed by atoms with E-state index in [-0.39, 0.29) is 11.4 Å². The van der Waals surface area contributed by atoms with Crippen LogP contribution in [0.25, 0.3) is 0 Å². The maximum atomic E-state index is 11.8. The molecule has 0 atom stereocenters. The van der Waals surface area contributed by atoms with Crippen molar-refractivity contribution in [2.24, 2.45) is 5.41 Å². The molecule has 0 bridgehead atoms. The minimum Gasteiger partial charge on any atom is -0.481 e. The topological polar surface area (TPSA) is 78.4 Å². The van der Waals surface area contributed by atoms with Gasteiger partial charge in [-0.25, -0.2) is 4.79 Å². The zero-order chi connectivity index (χ0) is 15.7. The van der Waals surface area contributed by atoms with Crippen molar-refractivity contribution in [2.45, 2.75) is 39.0 Å². The van der Waals surface area contributed by atoms with Crippen molar-refractivity contribution in [3.63, 3.8) is 0 Å². The number of rotatable bonds is 5. The number of carboxylic acid groups (broad SMARTS) is 1. The fraction of sp³-hybridized carbons (Fsp3) is 0.500. The van der Waals surface area contributed by atoms with Crippen LogP contribution in [0.2, 0.25) is 0 Å². The molecule has 2 rings (SSSR count). The fourth-order valence-electron chi connectivity index (χ4n) is 1.95. The van der Waals surface area contributed by atoms with E-state index >= 15 is 0 Å². The summed E-state index contributed by atoms with van der Waals surface area (Å²) in [6.07, 6.45) is 2.32. The molecule has 2 amide bonds. The van der Waals surface area contributed by atoms with Gasteiger partial charge in [-0.05, 0) is 49.8 Å². The summed E-state index contributed by atoms with van der Waals surface area (Å²) in [5.41, 5.74) is 0.679. The standard InChI is InChI=1S/C16H22N2O3/c1-15(2,13(19)20)11-4-6-12(7-5-11)18-14(21)17-10-16(3)8-9-16/h4-7H,8-10H2,1-3H3,(H,19,20)(H2,17,18,21). The highest BCUT2D eigenvalue weighted by molar-refractivity contribution is 5.89. The van der Waals surface area contributed by atoms with Crippen molar-refractivity contribution in [3.8, 4) is 0 Å². The molecule has 1 saturated carbocycles. The lowest BCUT2D eigenvalue weighted by atomic mass is 9.85. The number of nitrogens with one attached hydrogen (secondary N) is 2. The highest BCUT2D eigenvalue weighted by Gasteiger charge is 2.37. The lowest BCUT2D eigenvalue weighted by Gasteiger charge is -2.20. The van der Waals surface area contributed by atoms with E-state index in [9.17, 15) is 14.7 Å². The Bertz CT molecular complexity index is 545. The van der Waals surface area contributed by atoms with Gasteiger partial charge >= 0.3 is 12.0 Å². The molecule has 0 aromatic heterocycles. The minimum absolute atomic E-state index is 0.228. The van der Waals surface area contributed by atoms with Crippen LogP contribution in [-0.4, -0.2) is 23.7 Å². The fourth-order valence-corrected chi connectivity index (χ4v) is 1.95. The van der Waals surface area contributed by atoms with Gasteiger partial charge in [0.25, 0.3) is 0 Å². The van der Waals surface area contributed by atoms with Gasteiger partial charge in [0, 0.05) is 12.2 Å². The van der Waals surface area contributed by atoms with Gasteiger partial charge in [0.1, 0.15) is 0 Å². The van der Waals surface area contributed by atoms with Crippen molar-refractivity contribution in [1.82, 2.24) is 5.32 Å². The first-order chi connectivity index (χ1) is 9.73. The number of amides is 2. The molecule has 114 valence electrons. The molecule has 0 spiro atoms. The summed E-state index contributed by atoms with van der Waals surface area (Å²) in [5, 5.41) is 14.8. The number of urea groups is 1. The van der Waals surface area contributed by atoms with Gasteiger partial charge in [0.05, 0.1) is 5.41 Å². The van der Waals surface area contributed by atoms with Gasteiger partial charge in [-0.3, -0.25) is 4.79 Å². The normalized spacial score (nSPS) is 16.1. The predicted octanol–water partition coefficient (Wildman–Crippen LogP) is 2.97. The summed E-state index contributed by atoms with van der Waals surface area (Å²) >= 11 is 0. The van der Waals surface area contributed by atoms with E-state index < -0.39 is 11.4 Å². The third-order valence-corrected chi connectivity index (χ3v) is 4.18. The zero-order valence-corrected chi connectivity index (χ0v) is 12.7. The van der Waals surface area contributed by atoms with Crippen LogP contribution in [0.1, 0.15) is 39.2 Å². The Morgan fingerprint density at radius 3 is 2.29 bits per heavy atom. The Balaban J connectivity index is 1.93. The third-order valence-electron chi connectivity index (χ3n) is 4.18. The molecule has 21 heavy (non-hydrogen) atoms. The smallest absolute Gasteiger partial charge is 0.319 e. The van der Waals surface area contributed by atoms with Crippen molar-refractivity contribution >= 4 is 17.7 Å². The Morgan fingerprint density at radius 1 is 1.24 bits per heavy atom. The van der Waals surface area contributed by atoms with Gasteiger partial charge in [-0.15, -0.1) is 0 Å². The Morgan fingerprint density at radius 2 is 1.81 bits per heavy atom. The average molecular weight is 290 g/mol. The number of carbonyl (C=O) groups excluding carboxylic acids is 1. The molecule has 1 fully saturated rings. The molecular formula is C16H22N2O3. The number of hydrogen-bond acceptors (Lipinski definition) is 2. The lowest BCUT2D eigenvalue weighted by Crippen LogP contribution is -2.33. The highest BCUT2D eigenvalue weighted by Crippen LogP contribution is 2.44. The van der Waals surface area contributed by atoms with Crippen LogP contribution in [-0.2, 0) is 10.2 Å². The van der Waals surface area contributed by atoms with Crippen LogP contribution < -0.4 is 10.6 Å². The molecule has 5 heteroatoms. The van der Waals surface area contributed by atoms with E-state index in [1.165, 1.54) is 0 Å². The van der Waals surface area contributed by atoms with Crippen LogP contribution >= 0.6 is 0 Å². The summed E-state index contributed by atoms with van der Waals surface area (Å²) in [7, 11) is 0. The second-order valence-corrected chi connectivity index (χ2v) is 6.63. The summed E-state index contributed by atoms with van der Waals surface area (Å²) in [6, 6.07) is 6.67. The summed E-state index contributed by atoms with van der Waals surface area (Å²) in [4.78, 5) is 23.0. The highest BCUT2D eigenvalue weighted by atomic mass is 16.4. The molecular weight excluding hydrogens is 268 g/mol. The lowest BCUT2D eigenvalue weighted by molar-refractivity contribution is -0.142. The Hall–Kier alpha value is -2.04. The summed E-state index contributed by atoms with van der Waals surface area (Å²) in [5.74, 6) is -0.876. The van der Waals surface area contributed by atoms with Crippen molar-refractivity contribution in [2.75, 3.05) is 11.9 Å². The van der Waals surface area contributed by atoms with E-state index in [1.54, 1.807) is 38.1 Å². The molecule has 1 aliphatic carbocycles. The molecule has 1 aromatic rings. The first-order valence-electron chi connectivity index (χ1n) is 7.12. The number of carboxylic acids is 1. The SMILES string of the molecule is CC1(CNC(=O)Nc2ccc(C(C)(C)C(=O)O)cc2)CC1. The van der Waals surface area contributed by atoms with E-state index in [2.05, 4.69) is 17.6 Å². The predicted molar refractivity (Wildman–Crippen MR) is 81.5 cm³/mol. The van der Waals surface area contributed by atoms with Crippen LogP contribution in [0.4, 0.5) is 10.5 Å². The maximum absolute atomic E-state index is 11.8. The van der Waals surface area contributed by atoms with Gasteiger partial charge in [0.15, 0.2) is 0 Å². The quantitative estimate of drug-likeness (QED) is 0.780. The van der Waals surface area contributed by atoms with E-state index in [1.807, 2.05) is 0 Å². The second kappa shape index (κ2) is 5.39. The Kier molecular flexibility index (Phi) is 3.94. The number of carbonyl (C=O) groups is 2. The monoisotopic (exact) mass is 290 g/mol. The van der Waals surface area contributed by atoms with Crippen LogP contribution in [0.3, 0.4) is 0 Å². The van der Waals surface area contributed by atoms with Crippen LogP contribution in [0, 0.1) is 5.41 Å². The largest absolute Gasteiger partial charge is 0.481 e. The van der Waals surface area contributed by atoms with E-state index in [4.69, 9.17) is 0 Å². The molecule has 0 saturated heterocycles. The van der Waals surface area contributed by atoms with Gasteiger partial charge in [-0.1, -0.05) is 19.1 Å². The maximum Gasteiger partial charge on any atom is 0.319 e. The first kappa shape index (κ1) is 15.4. The van der Waals surface area contributed by atoms with Crippen LogP contribution in [0.15, 0.2) is 24.3 Å². The second-order valence-electron chi connectivity index (χ2n) is 6.63. The molecule has 0 heterocycles. The Labute approximate surface area is 124 Å². The summed E-state index contributed by atoms with van der Waals surface area (Å²) < 4.78 is 0. The third kappa shape index (κ3) is 3.74.